The van der Waals surface area contributed by atoms with Crippen molar-refractivity contribution in [3.8, 4) is 28.4 Å². The topological polar surface area (TPSA) is 71.1 Å². The lowest BCUT2D eigenvalue weighted by Gasteiger charge is -2.31. The van der Waals surface area contributed by atoms with Gasteiger partial charge in [-0.2, -0.15) is 0 Å². The van der Waals surface area contributed by atoms with Gasteiger partial charge < -0.3 is 18.9 Å². The molecule has 0 heterocycles. The van der Waals surface area contributed by atoms with Crippen LogP contribution in [0.3, 0.4) is 0 Å². The molecule has 0 saturated carbocycles. The number of hydrogen-bond donors (Lipinski definition) is 0. The van der Waals surface area contributed by atoms with Crippen LogP contribution in [0.15, 0.2) is 85.5 Å². The molecule has 188 valence electrons. The molecule has 0 fully saturated rings. The predicted octanol–water partition coefficient (Wildman–Crippen LogP) is 6.64. The molecule has 0 bridgehead atoms. The standard InChI is InChI=1S/C30H32O6/c1-7-27(31)30(4,5)34-20-29(2,3)36-26-18-16-25(17-19-26)35-24-14-12-22(13-15-24)21-8-10-23(11-9-21)28(32)33-6/h7-19H,1,20H2,2-6H3. The summed E-state index contributed by atoms with van der Waals surface area (Å²) in [6, 6.07) is 22.3. The highest BCUT2D eigenvalue weighted by molar-refractivity contribution is 5.95. The number of rotatable bonds is 11. The van der Waals surface area contributed by atoms with Gasteiger partial charge in [-0.3, -0.25) is 4.79 Å². The molecule has 6 nitrogen and oxygen atoms in total. The second-order valence-electron chi connectivity index (χ2n) is 9.40. The van der Waals surface area contributed by atoms with Crippen molar-refractivity contribution in [2.75, 3.05) is 13.7 Å². The van der Waals surface area contributed by atoms with Gasteiger partial charge in [-0.05, 0) is 93.4 Å². The minimum atomic E-state index is -0.956. The van der Waals surface area contributed by atoms with Crippen molar-refractivity contribution in [3.63, 3.8) is 0 Å². The Hall–Kier alpha value is -3.90. The highest BCUT2D eigenvalue weighted by Gasteiger charge is 2.30. The van der Waals surface area contributed by atoms with E-state index in [4.69, 9.17) is 18.9 Å². The summed E-state index contributed by atoms with van der Waals surface area (Å²) < 4.78 is 22.6. The van der Waals surface area contributed by atoms with Crippen molar-refractivity contribution >= 4 is 11.8 Å². The van der Waals surface area contributed by atoms with Crippen LogP contribution in [0.25, 0.3) is 11.1 Å². The number of hydrogen-bond acceptors (Lipinski definition) is 6. The molecule has 0 aromatic heterocycles. The Morgan fingerprint density at radius 2 is 1.25 bits per heavy atom. The predicted molar refractivity (Wildman–Crippen MR) is 140 cm³/mol. The van der Waals surface area contributed by atoms with Gasteiger partial charge in [0.1, 0.15) is 28.5 Å². The second-order valence-corrected chi connectivity index (χ2v) is 9.40. The molecule has 36 heavy (non-hydrogen) atoms. The van der Waals surface area contributed by atoms with E-state index in [-0.39, 0.29) is 18.4 Å². The molecule has 0 aliphatic heterocycles. The number of carbonyl (C=O) groups is 2. The van der Waals surface area contributed by atoms with E-state index in [1.165, 1.54) is 13.2 Å². The summed E-state index contributed by atoms with van der Waals surface area (Å²) in [5.41, 5.74) is 0.898. The normalized spacial score (nSPS) is 11.5. The largest absolute Gasteiger partial charge is 0.485 e. The third-order valence-corrected chi connectivity index (χ3v) is 5.51. The average molecular weight is 489 g/mol. The fourth-order valence-corrected chi connectivity index (χ4v) is 3.36. The smallest absolute Gasteiger partial charge is 0.337 e. The van der Waals surface area contributed by atoms with Crippen LogP contribution in [-0.2, 0) is 14.3 Å². The summed E-state index contributed by atoms with van der Waals surface area (Å²) in [6.45, 7) is 11.0. The molecule has 0 unspecified atom stereocenters. The maximum atomic E-state index is 11.9. The highest BCUT2D eigenvalue weighted by atomic mass is 16.6. The maximum absolute atomic E-state index is 11.9. The lowest BCUT2D eigenvalue weighted by Crippen LogP contribution is -2.42. The van der Waals surface area contributed by atoms with Crippen molar-refractivity contribution in [1.29, 1.82) is 0 Å². The Labute approximate surface area is 212 Å². The van der Waals surface area contributed by atoms with E-state index in [2.05, 4.69) is 6.58 Å². The van der Waals surface area contributed by atoms with Gasteiger partial charge in [0.15, 0.2) is 5.78 Å². The summed E-state index contributed by atoms with van der Waals surface area (Å²) in [4.78, 5) is 23.5. The first kappa shape index (κ1) is 26.7. The zero-order chi connectivity index (χ0) is 26.3. The van der Waals surface area contributed by atoms with E-state index in [9.17, 15) is 9.59 Å². The molecule has 0 saturated heterocycles. The number of benzene rings is 3. The van der Waals surface area contributed by atoms with E-state index in [0.29, 0.717) is 22.8 Å². The van der Waals surface area contributed by atoms with Crippen molar-refractivity contribution in [3.05, 3.63) is 91.0 Å². The molecule has 3 rings (SSSR count). The quantitative estimate of drug-likeness (QED) is 0.223. The SMILES string of the molecule is C=CC(=O)C(C)(C)OCC(C)(C)Oc1ccc(Oc2ccc(-c3ccc(C(=O)OC)cc3)cc2)cc1. The van der Waals surface area contributed by atoms with E-state index in [0.717, 1.165) is 11.1 Å². The average Bonchev–Trinajstić information content (AvgIpc) is 2.88. The molecule has 0 aliphatic carbocycles. The maximum Gasteiger partial charge on any atom is 0.337 e. The third kappa shape index (κ3) is 7.06. The molecule has 0 aliphatic rings. The Balaban J connectivity index is 1.58. The lowest BCUT2D eigenvalue weighted by molar-refractivity contribution is -0.141. The fourth-order valence-electron chi connectivity index (χ4n) is 3.36. The van der Waals surface area contributed by atoms with E-state index < -0.39 is 11.2 Å². The third-order valence-electron chi connectivity index (χ3n) is 5.51. The van der Waals surface area contributed by atoms with Crippen LogP contribution in [0.5, 0.6) is 17.2 Å². The van der Waals surface area contributed by atoms with Gasteiger partial charge in [-0.15, -0.1) is 0 Å². The molecule has 0 spiro atoms. The summed E-state index contributed by atoms with van der Waals surface area (Å²) in [7, 11) is 1.36. The Morgan fingerprint density at radius 3 is 1.75 bits per heavy atom. The second kappa shape index (κ2) is 11.2. The number of methoxy groups -OCH3 is 1. The van der Waals surface area contributed by atoms with Gasteiger partial charge in [0.25, 0.3) is 0 Å². The van der Waals surface area contributed by atoms with Crippen molar-refractivity contribution in [1.82, 2.24) is 0 Å². The highest BCUT2D eigenvalue weighted by Crippen LogP contribution is 2.29. The van der Waals surface area contributed by atoms with Crippen LogP contribution in [-0.4, -0.2) is 36.7 Å². The first-order valence-electron chi connectivity index (χ1n) is 11.6. The minimum Gasteiger partial charge on any atom is -0.485 e. The van der Waals surface area contributed by atoms with Crippen LogP contribution in [0, 0.1) is 0 Å². The van der Waals surface area contributed by atoms with Crippen molar-refractivity contribution in [2.45, 2.75) is 38.9 Å². The lowest BCUT2D eigenvalue weighted by atomic mass is 10.0. The first-order valence-corrected chi connectivity index (χ1v) is 11.6. The molecule has 3 aromatic rings. The zero-order valence-electron chi connectivity index (χ0n) is 21.4. The molecular formula is C30H32O6. The van der Waals surface area contributed by atoms with E-state index in [1.807, 2.05) is 74.5 Å². The van der Waals surface area contributed by atoms with Crippen molar-refractivity contribution in [2.24, 2.45) is 0 Å². The molecule has 0 atom stereocenters. The molecule has 0 N–H and O–H groups in total. The summed E-state index contributed by atoms with van der Waals surface area (Å²) >= 11 is 0. The molecule has 0 radical (unpaired) electrons. The van der Waals surface area contributed by atoms with Gasteiger partial charge in [-0.1, -0.05) is 30.8 Å². The van der Waals surface area contributed by atoms with Gasteiger partial charge in [0.2, 0.25) is 0 Å². The number of ether oxygens (including phenoxy) is 4. The summed E-state index contributed by atoms with van der Waals surface area (Å²) in [6.07, 6.45) is 1.27. The van der Waals surface area contributed by atoms with Crippen LogP contribution >= 0.6 is 0 Å². The monoisotopic (exact) mass is 488 g/mol. The van der Waals surface area contributed by atoms with Gasteiger partial charge >= 0.3 is 5.97 Å². The van der Waals surface area contributed by atoms with Gasteiger partial charge in [0.05, 0.1) is 19.3 Å². The van der Waals surface area contributed by atoms with Crippen LogP contribution in [0.1, 0.15) is 38.1 Å². The van der Waals surface area contributed by atoms with E-state index in [1.54, 1.807) is 26.0 Å². The van der Waals surface area contributed by atoms with Crippen LogP contribution in [0.4, 0.5) is 0 Å². The summed E-state index contributed by atoms with van der Waals surface area (Å²) in [5, 5.41) is 0. The first-order chi connectivity index (χ1) is 17.0. The summed E-state index contributed by atoms with van der Waals surface area (Å²) in [5.74, 6) is 1.49. The fraction of sp³-hybridized carbons (Fsp3) is 0.267. The molecular weight excluding hydrogens is 456 g/mol. The zero-order valence-corrected chi connectivity index (χ0v) is 21.4. The molecule has 6 heteroatoms. The number of carbonyl (C=O) groups excluding carboxylic acids is 2. The van der Waals surface area contributed by atoms with Gasteiger partial charge in [-0.25, -0.2) is 4.79 Å². The minimum absolute atomic E-state index is 0.177. The van der Waals surface area contributed by atoms with E-state index >= 15 is 0 Å². The Morgan fingerprint density at radius 1 is 0.778 bits per heavy atom. The van der Waals surface area contributed by atoms with Crippen molar-refractivity contribution < 1.29 is 28.5 Å². The molecule has 3 aromatic carbocycles. The Kier molecular flexibility index (Phi) is 8.33. The Bertz CT molecular complexity index is 1190. The van der Waals surface area contributed by atoms with Crippen LogP contribution < -0.4 is 9.47 Å². The van der Waals surface area contributed by atoms with Crippen LogP contribution in [0.2, 0.25) is 0 Å². The van der Waals surface area contributed by atoms with Gasteiger partial charge in [0, 0.05) is 0 Å². The number of esters is 1. The molecule has 0 amide bonds. The number of ketones is 1.